The van der Waals surface area contributed by atoms with E-state index in [0.29, 0.717) is 26.5 Å². The van der Waals surface area contributed by atoms with Crippen molar-refractivity contribution in [3.63, 3.8) is 0 Å². The smallest absolute Gasteiger partial charge is 0.234 e. The predicted molar refractivity (Wildman–Crippen MR) is 106 cm³/mol. The van der Waals surface area contributed by atoms with Crippen LogP contribution in [0.1, 0.15) is 0 Å². The number of nitrogen functional groups attached to an aromatic ring is 1. The topological polar surface area (TPSA) is 85.8 Å². The lowest BCUT2D eigenvalue weighted by Crippen LogP contribution is -2.17. The van der Waals surface area contributed by atoms with Crippen molar-refractivity contribution in [2.45, 2.75) is 5.16 Å². The minimum Gasteiger partial charge on any atom is -0.335 e. The largest absolute Gasteiger partial charge is 0.335 e. The molecule has 1 aromatic heterocycles. The average Bonchev–Trinajstić information content (AvgIpc) is 2.97. The molecule has 3 aromatic rings. The van der Waals surface area contributed by atoms with Crippen molar-refractivity contribution in [1.29, 1.82) is 0 Å². The quantitative estimate of drug-likeness (QED) is 0.445. The van der Waals surface area contributed by atoms with Gasteiger partial charge in [-0.2, -0.15) is 0 Å². The number of hydrogen-bond donors (Lipinski definition) is 2. The second kappa shape index (κ2) is 8.35. The number of hydrogen-bond acceptors (Lipinski definition) is 5. The first kappa shape index (κ1) is 19.8. The second-order valence-corrected chi connectivity index (χ2v) is 7.48. The Hall–Kier alpha value is -2.00. The number of thioether (sulfide) groups is 1. The molecule has 0 aliphatic carbocycles. The van der Waals surface area contributed by atoms with Crippen molar-refractivity contribution in [3.8, 4) is 11.4 Å². The number of nitrogens with zero attached hydrogens (tertiary/aromatic N) is 3. The van der Waals surface area contributed by atoms with E-state index in [4.69, 9.17) is 40.6 Å². The third kappa shape index (κ3) is 4.65. The number of nitrogens with one attached hydrogen (secondary N) is 1. The van der Waals surface area contributed by atoms with E-state index < -0.39 is 11.7 Å². The van der Waals surface area contributed by atoms with Crippen LogP contribution in [0, 0.1) is 5.82 Å². The summed E-state index contributed by atoms with van der Waals surface area (Å²) in [7, 11) is 0. The van der Waals surface area contributed by atoms with Gasteiger partial charge in [-0.3, -0.25) is 4.79 Å². The van der Waals surface area contributed by atoms with Gasteiger partial charge in [0.25, 0.3) is 0 Å². The lowest BCUT2D eigenvalue weighted by molar-refractivity contribution is -0.113. The Kier molecular flexibility index (Phi) is 6.11. The van der Waals surface area contributed by atoms with Gasteiger partial charge < -0.3 is 11.2 Å². The number of nitrogens with two attached hydrogens (primary N) is 1. The zero-order valence-electron chi connectivity index (χ0n) is 13.4. The number of carbonyl (C=O) groups is 1. The monoisotopic (exact) mass is 445 g/mol. The zero-order valence-corrected chi connectivity index (χ0v) is 16.5. The van der Waals surface area contributed by atoms with E-state index in [9.17, 15) is 9.18 Å². The van der Waals surface area contributed by atoms with Crippen LogP contribution in [0.2, 0.25) is 15.1 Å². The SMILES string of the molecule is Nn1c(SCC(=O)Nc2cc(Cl)ccc2F)nnc1-c1ccc(Cl)cc1Cl. The van der Waals surface area contributed by atoms with Crippen molar-refractivity contribution in [2.75, 3.05) is 16.9 Å². The number of benzene rings is 2. The summed E-state index contributed by atoms with van der Waals surface area (Å²) in [5, 5.41) is 11.8. The fraction of sp³-hybridized carbons (Fsp3) is 0.0625. The summed E-state index contributed by atoms with van der Waals surface area (Å²) in [5.74, 6) is 5.22. The summed E-state index contributed by atoms with van der Waals surface area (Å²) in [6.45, 7) is 0. The maximum absolute atomic E-state index is 13.7. The molecule has 2 aromatic carbocycles. The van der Waals surface area contributed by atoms with Crippen LogP contribution >= 0.6 is 46.6 Å². The molecule has 0 aliphatic heterocycles. The van der Waals surface area contributed by atoms with Gasteiger partial charge in [0.05, 0.1) is 16.5 Å². The van der Waals surface area contributed by atoms with Gasteiger partial charge in [-0.15, -0.1) is 10.2 Å². The van der Waals surface area contributed by atoms with E-state index in [1.165, 1.54) is 22.9 Å². The molecule has 27 heavy (non-hydrogen) atoms. The summed E-state index contributed by atoms with van der Waals surface area (Å²) < 4.78 is 14.9. The van der Waals surface area contributed by atoms with Gasteiger partial charge in [-0.05, 0) is 36.4 Å². The van der Waals surface area contributed by atoms with E-state index in [-0.39, 0.29) is 16.6 Å². The summed E-state index contributed by atoms with van der Waals surface area (Å²) in [4.78, 5) is 12.1. The van der Waals surface area contributed by atoms with Gasteiger partial charge in [0, 0.05) is 15.6 Å². The van der Waals surface area contributed by atoms with Crippen molar-refractivity contribution in [2.24, 2.45) is 0 Å². The van der Waals surface area contributed by atoms with Crippen LogP contribution in [0.4, 0.5) is 10.1 Å². The Morgan fingerprint density at radius 1 is 1.15 bits per heavy atom. The van der Waals surface area contributed by atoms with Crippen molar-refractivity contribution in [1.82, 2.24) is 14.9 Å². The van der Waals surface area contributed by atoms with Crippen LogP contribution in [-0.2, 0) is 4.79 Å². The third-order valence-electron chi connectivity index (χ3n) is 3.37. The maximum Gasteiger partial charge on any atom is 0.234 e. The molecule has 3 N–H and O–H groups in total. The number of aromatic nitrogens is 3. The fourth-order valence-electron chi connectivity index (χ4n) is 2.14. The number of halogens is 4. The lowest BCUT2D eigenvalue weighted by atomic mass is 10.2. The molecule has 1 heterocycles. The summed E-state index contributed by atoms with van der Waals surface area (Å²) in [6, 6.07) is 8.77. The average molecular weight is 447 g/mol. The molecule has 140 valence electrons. The van der Waals surface area contributed by atoms with Crippen LogP contribution in [0.25, 0.3) is 11.4 Å². The van der Waals surface area contributed by atoms with E-state index in [2.05, 4.69) is 15.5 Å². The molecule has 0 atom stereocenters. The normalized spacial score (nSPS) is 10.8. The van der Waals surface area contributed by atoms with Crippen molar-refractivity contribution < 1.29 is 9.18 Å². The molecular formula is C16H11Cl3FN5OS. The van der Waals surface area contributed by atoms with Crippen LogP contribution in [0.15, 0.2) is 41.6 Å². The Morgan fingerprint density at radius 3 is 2.59 bits per heavy atom. The van der Waals surface area contributed by atoms with E-state index in [0.717, 1.165) is 11.8 Å². The molecule has 0 saturated heterocycles. The number of rotatable bonds is 5. The standard InChI is InChI=1S/C16H11Cl3FN5OS/c17-8-1-3-10(11(19)5-8)15-23-24-16(25(15)21)27-7-14(26)22-13-6-9(18)2-4-12(13)20/h1-6H,7,21H2,(H,22,26). The summed E-state index contributed by atoms with van der Waals surface area (Å²) in [6.07, 6.45) is 0. The van der Waals surface area contributed by atoms with Gasteiger partial charge in [-0.1, -0.05) is 46.6 Å². The fourth-order valence-corrected chi connectivity index (χ4v) is 3.46. The summed E-state index contributed by atoms with van der Waals surface area (Å²) in [5.41, 5.74) is 0.546. The molecule has 0 spiro atoms. The first-order valence-corrected chi connectivity index (χ1v) is 9.50. The molecule has 3 rings (SSSR count). The second-order valence-electron chi connectivity index (χ2n) is 5.26. The molecule has 1 amide bonds. The highest BCUT2D eigenvalue weighted by Crippen LogP contribution is 2.30. The molecule has 0 unspecified atom stereocenters. The first-order valence-electron chi connectivity index (χ1n) is 7.39. The highest BCUT2D eigenvalue weighted by Gasteiger charge is 2.16. The summed E-state index contributed by atoms with van der Waals surface area (Å²) >= 11 is 18.9. The Balaban J connectivity index is 1.69. The minimum absolute atomic E-state index is 0.00375. The van der Waals surface area contributed by atoms with Crippen molar-refractivity contribution in [3.05, 3.63) is 57.3 Å². The molecule has 0 radical (unpaired) electrons. The third-order valence-corrected chi connectivity index (χ3v) is 5.10. The van der Waals surface area contributed by atoms with Gasteiger partial charge >= 0.3 is 0 Å². The zero-order chi connectivity index (χ0) is 19.6. The Morgan fingerprint density at radius 2 is 1.85 bits per heavy atom. The molecular weight excluding hydrogens is 436 g/mol. The number of anilines is 1. The molecule has 0 saturated carbocycles. The van der Waals surface area contributed by atoms with Gasteiger partial charge in [0.15, 0.2) is 5.82 Å². The molecule has 11 heteroatoms. The highest BCUT2D eigenvalue weighted by molar-refractivity contribution is 7.99. The van der Waals surface area contributed by atoms with Crippen LogP contribution in [-0.4, -0.2) is 26.5 Å². The first-order chi connectivity index (χ1) is 12.8. The molecule has 0 aliphatic rings. The minimum atomic E-state index is -0.584. The van der Waals surface area contributed by atoms with E-state index >= 15 is 0 Å². The van der Waals surface area contributed by atoms with Crippen LogP contribution in [0.5, 0.6) is 0 Å². The predicted octanol–water partition coefficient (Wildman–Crippen LogP) is 4.49. The molecule has 0 fully saturated rings. The highest BCUT2D eigenvalue weighted by atomic mass is 35.5. The Bertz CT molecular complexity index is 1010. The van der Waals surface area contributed by atoms with E-state index in [1.807, 2.05) is 0 Å². The number of carbonyl (C=O) groups excluding carboxylic acids is 1. The lowest BCUT2D eigenvalue weighted by Gasteiger charge is -2.07. The van der Waals surface area contributed by atoms with Crippen molar-refractivity contribution >= 4 is 58.2 Å². The molecule has 6 nitrogen and oxygen atoms in total. The van der Waals surface area contributed by atoms with Gasteiger partial charge in [0.2, 0.25) is 11.1 Å². The molecule has 0 bridgehead atoms. The van der Waals surface area contributed by atoms with Gasteiger partial charge in [0.1, 0.15) is 5.82 Å². The van der Waals surface area contributed by atoms with Crippen LogP contribution < -0.4 is 11.2 Å². The Labute approximate surface area is 172 Å². The van der Waals surface area contributed by atoms with Crippen LogP contribution in [0.3, 0.4) is 0 Å². The number of amides is 1. The van der Waals surface area contributed by atoms with Gasteiger partial charge in [-0.25, -0.2) is 9.07 Å². The maximum atomic E-state index is 13.7. The van der Waals surface area contributed by atoms with E-state index in [1.54, 1.807) is 18.2 Å².